The van der Waals surface area contributed by atoms with Crippen LogP contribution in [-0.2, 0) is 16.0 Å². The van der Waals surface area contributed by atoms with Crippen LogP contribution in [0.3, 0.4) is 0 Å². The molecule has 0 bridgehead atoms. The van der Waals surface area contributed by atoms with E-state index in [9.17, 15) is 14.7 Å². The predicted octanol–water partition coefficient (Wildman–Crippen LogP) is 2.74. The fourth-order valence-electron chi connectivity index (χ4n) is 2.58. The summed E-state index contributed by atoms with van der Waals surface area (Å²) in [7, 11) is 0. The lowest BCUT2D eigenvalue weighted by molar-refractivity contribution is -0.148. The van der Waals surface area contributed by atoms with Gasteiger partial charge in [-0.2, -0.15) is 12.6 Å². The highest BCUT2D eigenvalue weighted by Gasteiger charge is 2.35. The summed E-state index contributed by atoms with van der Waals surface area (Å²) in [5, 5.41) is 9.38. The van der Waals surface area contributed by atoms with Crippen molar-refractivity contribution >= 4 is 36.3 Å². The summed E-state index contributed by atoms with van der Waals surface area (Å²) in [6.45, 7) is 2.14. The Labute approximate surface area is 146 Å². The summed E-state index contributed by atoms with van der Waals surface area (Å²) in [5.74, 6) is -1.02. The van der Waals surface area contributed by atoms with E-state index >= 15 is 0 Å². The molecule has 0 saturated carbocycles. The molecule has 1 N–H and O–H groups in total. The molecule has 124 valence electrons. The van der Waals surface area contributed by atoms with Gasteiger partial charge in [0.25, 0.3) is 0 Å². The fraction of sp³-hybridized carbons (Fsp3) is 0.412. The summed E-state index contributed by atoms with van der Waals surface area (Å²) in [6.07, 6.45) is 4.39. The maximum Gasteiger partial charge on any atom is 0.330 e. The highest BCUT2D eigenvalue weighted by Crippen LogP contribution is 2.24. The highest BCUT2D eigenvalue weighted by atomic mass is 32.2. The first-order valence-corrected chi connectivity index (χ1v) is 9.28. The van der Waals surface area contributed by atoms with Gasteiger partial charge in [-0.05, 0) is 42.0 Å². The van der Waals surface area contributed by atoms with Gasteiger partial charge in [0, 0.05) is 23.1 Å². The number of carbonyl (C=O) groups is 2. The maximum absolute atomic E-state index is 12.4. The van der Waals surface area contributed by atoms with Crippen LogP contribution in [0, 0.1) is 5.92 Å². The Morgan fingerprint density at radius 2 is 2.04 bits per heavy atom. The number of benzene rings is 1. The Bertz CT molecular complexity index is 613. The molecule has 0 saturated heterocycles. The van der Waals surface area contributed by atoms with Crippen LogP contribution in [0.25, 0.3) is 0 Å². The van der Waals surface area contributed by atoms with E-state index in [0.29, 0.717) is 18.7 Å². The van der Waals surface area contributed by atoms with E-state index in [0.717, 1.165) is 11.1 Å². The summed E-state index contributed by atoms with van der Waals surface area (Å²) >= 11 is 5.82. The molecule has 1 aliphatic heterocycles. The van der Waals surface area contributed by atoms with Crippen molar-refractivity contribution in [2.75, 3.05) is 18.6 Å². The van der Waals surface area contributed by atoms with Crippen molar-refractivity contribution in [3.8, 4) is 0 Å². The van der Waals surface area contributed by atoms with E-state index in [4.69, 9.17) is 0 Å². The summed E-state index contributed by atoms with van der Waals surface area (Å²) in [4.78, 5) is 26.4. The van der Waals surface area contributed by atoms with Crippen LogP contribution < -0.4 is 0 Å². The first kappa shape index (κ1) is 17.9. The van der Waals surface area contributed by atoms with Gasteiger partial charge in [-0.15, -0.1) is 11.8 Å². The number of rotatable bonds is 6. The number of nitrogens with zero attached hydrogens (tertiary/aromatic N) is 1. The zero-order valence-electron chi connectivity index (χ0n) is 13.2. The molecule has 1 heterocycles. The van der Waals surface area contributed by atoms with Crippen molar-refractivity contribution in [1.29, 1.82) is 0 Å². The fourth-order valence-corrected chi connectivity index (χ4v) is 3.15. The molecule has 0 fully saturated rings. The minimum absolute atomic E-state index is 0.156. The van der Waals surface area contributed by atoms with Gasteiger partial charge in [0.2, 0.25) is 5.91 Å². The van der Waals surface area contributed by atoms with E-state index in [1.165, 1.54) is 9.80 Å². The van der Waals surface area contributed by atoms with E-state index < -0.39 is 12.0 Å². The van der Waals surface area contributed by atoms with Gasteiger partial charge >= 0.3 is 5.97 Å². The molecular formula is C17H21NO3S2. The quantitative estimate of drug-likeness (QED) is 0.470. The van der Waals surface area contributed by atoms with Crippen LogP contribution in [0.15, 0.2) is 40.8 Å². The Balaban J connectivity index is 2.12. The molecule has 1 aromatic rings. The lowest BCUT2D eigenvalue weighted by Gasteiger charge is -2.24. The van der Waals surface area contributed by atoms with Crippen LogP contribution in [0.1, 0.15) is 12.5 Å². The number of carboxylic acids is 1. The second kappa shape index (κ2) is 7.93. The van der Waals surface area contributed by atoms with Crippen LogP contribution >= 0.6 is 24.4 Å². The SMILES string of the molecule is CSc1ccc(CC2=CC(C(=O)O)N(C(=O)[C@H](C)CS)C2)cc1. The Kier molecular flexibility index (Phi) is 6.18. The van der Waals surface area contributed by atoms with Gasteiger partial charge in [-0.1, -0.05) is 19.1 Å². The van der Waals surface area contributed by atoms with E-state index in [1.54, 1.807) is 24.8 Å². The van der Waals surface area contributed by atoms with E-state index in [-0.39, 0.29) is 11.8 Å². The van der Waals surface area contributed by atoms with Crippen molar-refractivity contribution in [1.82, 2.24) is 4.90 Å². The molecule has 23 heavy (non-hydrogen) atoms. The number of carboxylic acid groups (broad SMARTS) is 1. The lowest BCUT2D eigenvalue weighted by Crippen LogP contribution is -2.44. The number of aliphatic carboxylic acids is 1. The summed E-state index contributed by atoms with van der Waals surface area (Å²) in [5.41, 5.74) is 2.09. The van der Waals surface area contributed by atoms with E-state index in [1.807, 2.05) is 18.4 Å². The molecule has 1 amide bonds. The van der Waals surface area contributed by atoms with Crippen LogP contribution in [-0.4, -0.2) is 46.5 Å². The molecule has 0 spiro atoms. The summed E-state index contributed by atoms with van der Waals surface area (Å²) < 4.78 is 0. The van der Waals surface area contributed by atoms with Gasteiger partial charge in [0.1, 0.15) is 6.04 Å². The first-order chi connectivity index (χ1) is 11.0. The molecule has 1 aromatic carbocycles. The molecule has 1 unspecified atom stereocenters. The molecule has 0 aliphatic carbocycles. The Morgan fingerprint density at radius 1 is 1.39 bits per heavy atom. The van der Waals surface area contributed by atoms with Crippen molar-refractivity contribution in [3.63, 3.8) is 0 Å². The van der Waals surface area contributed by atoms with Gasteiger partial charge in [0.05, 0.1) is 0 Å². The average Bonchev–Trinajstić information content (AvgIpc) is 2.98. The molecule has 0 radical (unpaired) electrons. The summed E-state index contributed by atoms with van der Waals surface area (Å²) in [6, 6.07) is 7.32. The molecule has 0 aromatic heterocycles. The smallest absolute Gasteiger partial charge is 0.330 e. The van der Waals surface area contributed by atoms with E-state index in [2.05, 4.69) is 24.8 Å². The van der Waals surface area contributed by atoms with Gasteiger partial charge < -0.3 is 10.0 Å². The van der Waals surface area contributed by atoms with Crippen molar-refractivity contribution in [3.05, 3.63) is 41.5 Å². The third-order valence-corrected chi connectivity index (χ3v) is 5.22. The zero-order chi connectivity index (χ0) is 17.0. The van der Waals surface area contributed by atoms with Crippen molar-refractivity contribution < 1.29 is 14.7 Å². The van der Waals surface area contributed by atoms with Gasteiger partial charge in [-0.3, -0.25) is 4.79 Å². The van der Waals surface area contributed by atoms with Crippen molar-refractivity contribution in [2.45, 2.75) is 24.3 Å². The Hall–Kier alpha value is -1.40. The van der Waals surface area contributed by atoms with Gasteiger partial charge in [-0.25, -0.2) is 4.79 Å². The minimum Gasteiger partial charge on any atom is -0.479 e. The first-order valence-electron chi connectivity index (χ1n) is 7.43. The topological polar surface area (TPSA) is 57.6 Å². The Morgan fingerprint density at radius 3 is 2.57 bits per heavy atom. The lowest BCUT2D eigenvalue weighted by atomic mass is 10.1. The number of hydrogen-bond acceptors (Lipinski definition) is 4. The second-order valence-electron chi connectivity index (χ2n) is 5.68. The number of thiol groups is 1. The van der Waals surface area contributed by atoms with Crippen LogP contribution in [0.2, 0.25) is 0 Å². The predicted molar refractivity (Wildman–Crippen MR) is 96.2 cm³/mol. The standard InChI is InChI=1S/C17H21NO3S2/c1-11(10-22)16(19)18-9-13(8-15(18)17(20)21)7-12-3-5-14(23-2)6-4-12/h3-6,8,11,15,22H,7,9-10H2,1-2H3,(H,20,21)/t11-,15?/m1/s1. The largest absolute Gasteiger partial charge is 0.479 e. The zero-order valence-corrected chi connectivity index (χ0v) is 14.9. The second-order valence-corrected chi connectivity index (χ2v) is 6.93. The van der Waals surface area contributed by atoms with Crippen molar-refractivity contribution in [2.24, 2.45) is 5.92 Å². The number of amides is 1. The molecule has 2 rings (SSSR count). The maximum atomic E-state index is 12.4. The van der Waals surface area contributed by atoms with Gasteiger partial charge in [0.15, 0.2) is 0 Å². The van der Waals surface area contributed by atoms with Crippen LogP contribution in [0.5, 0.6) is 0 Å². The number of hydrogen-bond donors (Lipinski definition) is 2. The highest BCUT2D eigenvalue weighted by molar-refractivity contribution is 7.98. The number of carbonyl (C=O) groups excluding carboxylic acids is 1. The number of thioether (sulfide) groups is 1. The monoisotopic (exact) mass is 351 g/mol. The third-order valence-electron chi connectivity index (χ3n) is 3.92. The molecule has 6 heteroatoms. The molecule has 2 atom stereocenters. The molecule has 4 nitrogen and oxygen atoms in total. The van der Waals surface area contributed by atoms with Crippen LogP contribution in [0.4, 0.5) is 0 Å². The normalized spacial score (nSPS) is 18.7. The molecule has 1 aliphatic rings. The average molecular weight is 351 g/mol. The minimum atomic E-state index is -0.988. The third kappa shape index (κ3) is 4.32. The molecular weight excluding hydrogens is 330 g/mol.